The summed E-state index contributed by atoms with van der Waals surface area (Å²) in [5, 5.41) is 3.89. The normalized spacial score (nSPS) is 12.1. The molecule has 0 bridgehead atoms. The van der Waals surface area contributed by atoms with Gasteiger partial charge in [0.25, 0.3) is 0 Å². The van der Waals surface area contributed by atoms with Gasteiger partial charge in [0.2, 0.25) is 5.89 Å². The van der Waals surface area contributed by atoms with E-state index in [1.54, 1.807) is 6.20 Å². The predicted octanol–water partition coefficient (Wildman–Crippen LogP) is 1.29. The molecule has 102 valence electrons. The van der Waals surface area contributed by atoms with Gasteiger partial charge in [0.15, 0.2) is 5.82 Å². The fourth-order valence-corrected chi connectivity index (χ4v) is 1.64. The Bertz CT molecular complexity index is 517. The Kier molecular flexibility index (Phi) is 3.92. The second kappa shape index (κ2) is 5.46. The maximum atomic E-state index is 5.92. The van der Waals surface area contributed by atoms with E-state index in [0.29, 0.717) is 18.3 Å². The lowest BCUT2D eigenvalue weighted by Gasteiger charge is -2.13. The molecule has 0 unspecified atom stereocenters. The lowest BCUT2D eigenvalue weighted by atomic mass is 10.1. The highest BCUT2D eigenvalue weighted by atomic mass is 16.5. The van der Waals surface area contributed by atoms with E-state index in [4.69, 9.17) is 10.3 Å². The molecule has 0 spiro atoms. The highest BCUT2D eigenvalue weighted by Gasteiger charge is 2.21. The summed E-state index contributed by atoms with van der Waals surface area (Å²) in [4.78, 5) is 10.6. The Hall–Kier alpha value is -1.79. The van der Waals surface area contributed by atoms with Crippen LogP contribution in [0.1, 0.15) is 31.3 Å². The van der Waals surface area contributed by atoms with Crippen LogP contribution in [-0.2, 0) is 18.6 Å². The average Bonchev–Trinajstić information content (AvgIpc) is 2.78. The lowest BCUT2D eigenvalue weighted by molar-refractivity contribution is 0.257. The minimum absolute atomic E-state index is 0.522. The van der Waals surface area contributed by atoms with Gasteiger partial charge in [0.05, 0.1) is 17.8 Å². The van der Waals surface area contributed by atoms with E-state index in [1.807, 2.05) is 39.1 Å². The molecule has 2 aromatic heterocycles. The molecule has 0 aromatic carbocycles. The van der Waals surface area contributed by atoms with Gasteiger partial charge in [-0.3, -0.25) is 9.88 Å². The molecule has 0 aliphatic carbocycles. The molecule has 2 N–H and O–H groups in total. The van der Waals surface area contributed by atoms with Gasteiger partial charge in [-0.15, -0.1) is 0 Å². The smallest absolute Gasteiger partial charge is 0.240 e. The minimum Gasteiger partial charge on any atom is -0.338 e. The van der Waals surface area contributed by atoms with Crippen LogP contribution in [0.4, 0.5) is 0 Å². The highest BCUT2D eigenvalue weighted by Crippen LogP contribution is 2.13. The summed E-state index contributed by atoms with van der Waals surface area (Å²) in [6.45, 7) is 4.99. The first-order valence-electron chi connectivity index (χ1n) is 6.15. The van der Waals surface area contributed by atoms with Crippen LogP contribution in [0, 0.1) is 0 Å². The molecule has 0 fully saturated rings. The van der Waals surface area contributed by atoms with Crippen LogP contribution in [0.5, 0.6) is 0 Å². The Labute approximate surface area is 112 Å². The van der Waals surface area contributed by atoms with E-state index in [9.17, 15) is 0 Å². The second-order valence-corrected chi connectivity index (χ2v) is 5.23. The average molecular weight is 261 g/mol. The number of nitrogens with two attached hydrogens (primary N) is 1. The molecule has 2 heterocycles. The molecule has 6 heteroatoms. The van der Waals surface area contributed by atoms with Crippen molar-refractivity contribution < 1.29 is 4.52 Å². The highest BCUT2D eigenvalue weighted by molar-refractivity contribution is 5.03. The van der Waals surface area contributed by atoms with Gasteiger partial charge in [0, 0.05) is 12.7 Å². The summed E-state index contributed by atoms with van der Waals surface area (Å²) in [5.74, 6) is 1.08. The fourth-order valence-electron chi connectivity index (χ4n) is 1.64. The molecule has 0 amide bonds. The van der Waals surface area contributed by atoms with Crippen molar-refractivity contribution in [2.24, 2.45) is 5.73 Å². The zero-order chi connectivity index (χ0) is 13.9. The zero-order valence-corrected chi connectivity index (χ0v) is 11.5. The van der Waals surface area contributed by atoms with Crippen molar-refractivity contribution in [1.82, 2.24) is 20.0 Å². The summed E-state index contributed by atoms with van der Waals surface area (Å²) >= 11 is 0. The van der Waals surface area contributed by atoms with Gasteiger partial charge < -0.3 is 10.3 Å². The van der Waals surface area contributed by atoms with Crippen molar-refractivity contribution in [1.29, 1.82) is 0 Å². The maximum Gasteiger partial charge on any atom is 0.240 e. The number of rotatable bonds is 5. The molecule has 2 aromatic rings. The van der Waals surface area contributed by atoms with Crippen molar-refractivity contribution in [3.63, 3.8) is 0 Å². The van der Waals surface area contributed by atoms with E-state index in [2.05, 4.69) is 20.0 Å². The Morgan fingerprint density at radius 3 is 2.68 bits per heavy atom. The first kappa shape index (κ1) is 13.6. The summed E-state index contributed by atoms with van der Waals surface area (Å²) in [6.07, 6.45) is 1.78. The largest absolute Gasteiger partial charge is 0.338 e. The molecule has 0 aliphatic heterocycles. The van der Waals surface area contributed by atoms with E-state index in [0.717, 1.165) is 12.2 Å². The zero-order valence-electron chi connectivity index (χ0n) is 11.5. The van der Waals surface area contributed by atoms with Crippen molar-refractivity contribution >= 4 is 0 Å². The van der Waals surface area contributed by atoms with Crippen LogP contribution < -0.4 is 5.73 Å². The number of aromatic nitrogens is 3. The van der Waals surface area contributed by atoms with Crippen molar-refractivity contribution in [2.45, 2.75) is 32.5 Å². The monoisotopic (exact) mass is 261 g/mol. The maximum absolute atomic E-state index is 5.92. The minimum atomic E-state index is -0.582. The third kappa shape index (κ3) is 3.84. The van der Waals surface area contributed by atoms with Crippen LogP contribution in [0.15, 0.2) is 28.9 Å². The molecular weight excluding hydrogens is 242 g/mol. The number of nitrogens with zero attached hydrogens (tertiary/aromatic N) is 4. The lowest BCUT2D eigenvalue weighted by Crippen LogP contribution is -2.30. The van der Waals surface area contributed by atoms with E-state index in [1.165, 1.54) is 0 Å². The first-order valence-corrected chi connectivity index (χ1v) is 6.15. The SMILES string of the molecule is CN(Cc1ccccn1)Cc1nc(C(C)(C)N)no1. The summed E-state index contributed by atoms with van der Waals surface area (Å²) < 4.78 is 5.20. The molecule has 0 saturated carbocycles. The third-order valence-electron chi connectivity index (χ3n) is 2.61. The molecule has 0 aliphatic rings. The fraction of sp³-hybridized carbons (Fsp3) is 0.462. The van der Waals surface area contributed by atoms with Gasteiger partial charge in [-0.1, -0.05) is 11.2 Å². The Morgan fingerprint density at radius 1 is 1.32 bits per heavy atom. The molecule has 6 nitrogen and oxygen atoms in total. The Balaban J connectivity index is 1.96. The van der Waals surface area contributed by atoms with Crippen LogP contribution >= 0.6 is 0 Å². The first-order chi connectivity index (χ1) is 8.95. The predicted molar refractivity (Wildman–Crippen MR) is 70.9 cm³/mol. The topological polar surface area (TPSA) is 81.1 Å². The van der Waals surface area contributed by atoms with E-state index < -0.39 is 5.54 Å². The Morgan fingerprint density at radius 2 is 2.11 bits per heavy atom. The molecule has 0 saturated heterocycles. The number of pyridine rings is 1. The van der Waals surface area contributed by atoms with Crippen LogP contribution in [0.2, 0.25) is 0 Å². The molecule has 0 radical (unpaired) electrons. The van der Waals surface area contributed by atoms with Gasteiger partial charge in [0.1, 0.15) is 0 Å². The van der Waals surface area contributed by atoms with Crippen LogP contribution in [0.3, 0.4) is 0 Å². The molecule has 19 heavy (non-hydrogen) atoms. The van der Waals surface area contributed by atoms with Crippen LogP contribution in [0.25, 0.3) is 0 Å². The summed E-state index contributed by atoms with van der Waals surface area (Å²) in [6, 6.07) is 5.85. The third-order valence-corrected chi connectivity index (χ3v) is 2.61. The van der Waals surface area contributed by atoms with Gasteiger partial charge in [-0.2, -0.15) is 4.98 Å². The van der Waals surface area contributed by atoms with Gasteiger partial charge in [-0.25, -0.2) is 0 Å². The quantitative estimate of drug-likeness (QED) is 0.873. The summed E-state index contributed by atoms with van der Waals surface area (Å²) in [7, 11) is 1.98. The van der Waals surface area contributed by atoms with Gasteiger partial charge in [-0.05, 0) is 33.0 Å². The second-order valence-electron chi connectivity index (χ2n) is 5.23. The van der Waals surface area contributed by atoms with Crippen molar-refractivity contribution in [3.8, 4) is 0 Å². The van der Waals surface area contributed by atoms with E-state index >= 15 is 0 Å². The number of hydrogen-bond donors (Lipinski definition) is 1. The van der Waals surface area contributed by atoms with E-state index in [-0.39, 0.29) is 0 Å². The molecular formula is C13H19N5O. The molecule has 0 atom stereocenters. The summed E-state index contributed by atoms with van der Waals surface area (Å²) in [5.41, 5.74) is 6.34. The van der Waals surface area contributed by atoms with Crippen molar-refractivity contribution in [2.75, 3.05) is 7.05 Å². The molecule has 2 rings (SSSR count). The van der Waals surface area contributed by atoms with Crippen molar-refractivity contribution in [3.05, 3.63) is 41.8 Å². The standard InChI is InChI=1S/C13H19N5O/c1-13(2,14)12-16-11(19-17-12)9-18(3)8-10-6-4-5-7-15-10/h4-7H,8-9,14H2,1-3H3. The van der Waals surface area contributed by atoms with Crippen LogP contribution in [-0.4, -0.2) is 27.1 Å². The number of hydrogen-bond acceptors (Lipinski definition) is 6. The van der Waals surface area contributed by atoms with Gasteiger partial charge >= 0.3 is 0 Å².